The monoisotopic (exact) mass is 231 g/mol. The average molecular weight is 231 g/mol. The number of carbonyl (C=O) groups excluding carboxylic acids is 2. The molecule has 0 spiro atoms. The molecule has 0 aliphatic carbocycles. The molecule has 0 atom stereocenters. The molecule has 0 radical (unpaired) electrons. The van der Waals surface area contributed by atoms with Crippen LogP contribution in [0.4, 0.5) is 18.9 Å². The van der Waals surface area contributed by atoms with Gasteiger partial charge in [-0.2, -0.15) is 13.2 Å². The van der Waals surface area contributed by atoms with Crippen LogP contribution in [0.5, 0.6) is 0 Å². The van der Waals surface area contributed by atoms with Crippen LogP contribution in [0.3, 0.4) is 0 Å². The number of rotatable bonds is 3. The summed E-state index contributed by atoms with van der Waals surface area (Å²) in [6, 6.07) is 4.20. The highest BCUT2D eigenvalue weighted by atomic mass is 19.4. The summed E-state index contributed by atoms with van der Waals surface area (Å²) in [5, 5.41) is 2.19. The molecular formula is C10H8F3NO2. The Morgan fingerprint density at radius 3 is 2.62 bits per heavy atom. The molecule has 0 aliphatic heterocycles. The quantitative estimate of drug-likeness (QED) is 0.640. The summed E-state index contributed by atoms with van der Waals surface area (Å²) in [6.07, 6.45) is -4.45. The topological polar surface area (TPSA) is 46.2 Å². The van der Waals surface area contributed by atoms with E-state index in [-0.39, 0.29) is 12.1 Å². The summed E-state index contributed by atoms with van der Waals surface area (Å²) in [5.41, 5.74) is -0.835. The second-order valence-corrected chi connectivity index (χ2v) is 3.00. The Labute approximate surface area is 89.3 Å². The second kappa shape index (κ2) is 4.78. The summed E-state index contributed by atoms with van der Waals surface area (Å²) >= 11 is 0. The van der Waals surface area contributed by atoms with Gasteiger partial charge in [0.15, 0.2) is 0 Å². The van der Waals surface area contributed by atoms with E-state index in [1.807, 2.05) is 0 Å². The zero-order chi connectivity index (χ0) is 12.2. The standard InChI is InChI=1S/C10H8F3NO2/c11-10(12,13)7-2-1-3-8(6-7)14-9(16)4-5-15/h1-3,5-6H,4H2,(H,14,16). The zero-order valence-electron chi connectivity index (χ0n) is 8.04. The van der Waals surface area contributed by atoms with Gasteiger partial charge in [0, 0.05) is 5.69 Å². The van der Waals surface area contributed by atoms with E-state index in [0.717, 1.165) is 12.1 Å². The Morgan fingerprint density at radius 1 is 1.38 bits per heavy atom. The molecular weight excluding hydrogens is 223 g/mol. The first-order valence-corrected chi connectivity index (χ1v) is 4.34. The van der Waals surface area contributed by atoms with Crippen LogP contribution < -0.4 is 5.32 Å². The maximum Gasteiger partial charge on any atom is 0.416 e. The van der Waals surface area contributed by atoms with Crippen LogP contribution in [-0.4, -0.2) is 12.2 Å². The minimum Gasteiger partial charge on any atom is -0.326 e. The molecule has 1 rings (SSSR count). The molecule has 3 nitrogen and oxygen atoms in total. The third-order valence-electron chi connectivity index (χ3n) is 1.74. The molecule has 1 amide bonds. The van der Waals surface area contributed by atoms with Crippen LogP contribution in [0.1, 0.15) is 12.0 Å². The van der Waals surface area contributed by atoms with Gasteiger partial charge in [0.05, 0.1) is 12.0 Å². The largest absolute Gasteiger partial charge is 0.416 e. The first-order chi connectivity index (χ1) is 7.43. The number of alkyl halides is 3. The van der Waals surface area contributed by atoms with Crippen LogP contribution in [0, 0.1) is 0 Å². The van der Waals surface area contributed by atoms with Crippen LogP contribution in [0.2, 0.25) is 0 Å². The molecule has 86 valence electrons. The number of hydrogen-bond donors (Lipinski definition) is 1. The summed E-state index contributed by atoms with van der Waals surface area (Å²) in [6.45, 7) is 0. The normalized spacial score (nSPS) is 10.9. The summed E-state index contributed by atoms with van der Waals surface area (Å²) < 4.78 is 36.9. The van der Waals surface area contributed by atoms with Crippen molar-refractivity contribution >= 4 is 17.9 Å². The van der Waals surface area contributed by atoms with E-state index in [0.29, 0.717) is 6.29 Å². The maximum absolute atomic E-state index is 12.3. The van der Waals surface area contributed by atoms with Crippen molar-refractivity contribution in [1.29, 1.82) is 0 Å². The van der Waals surface area contributed by atoms with Crippen molar-refractivity contribution in [2.75, 3.05) is 5.32 Å². The average Bonchev–Trinajstić information content (AvgIpc) is 2.17. The van der Waals surface area contributed by atoms with Gasteiger partial charge in [-0.3, -0.25) is 4.79 Å². The number of nitrogens with one attached hydrogen (secondary N) is 1. The Morgan fingerprint density at radius 2 is 2.06 bits per heavy atom. The lowest BCUT2D eigenvalue weighted by molar-refractivity contribution is -0.137. The number of carbonyl (C=O) groups is 2. The second-order valence-electron chi connectivity index (χ2n) is 3.00. The van der Waals surface area contributed by atoms with Crippen molar-refractivity contribution in [1.82, 2.24) is 0 Å². The van der Waals surface area contributed by atoms with Crippen molar-refractivity contribution < 1.29 is 22.8 Å². The number of aldehydes is 1. The van der Waals surface area contributed by atoms with Gasteiger partial charge in [0.1, 0.15) is 6.29 Å². The van der Waals surface area contributed by atoms with Gasteiger partial charge in [0.25, 0.3) is 0 Å². The van der Waals surface area contributed by atoms with Crippen molar-refractivity contribution in [3.05, 3.63) is 29.8 Å². The number of hydrogen-bond acceptors (Lipinski definition) is 2. The molecule has 1 aromatic carbocycles. The lowest BCUT2D eigenvalue weighted by Crippen LogP contribution is -2.12. The van der Waals surface area contributed by atoms with E-state index in [4.69, 9.17) is 0 Å². The molecule has 1 aromatic rings. The zero-order valence-corrected chi connectivity index (χ0v) is 8.04. The van der Waals surface area contributed by atoms with Gasteiger partial charge in [-0.1, -0.05) is 6.07 Å². The molecule has 0 unspecified atom stereocenters. The Kier molecular flexibility index (Phi) is 3.65. The predicted molar refractivity (Wildman–Crippen MR) is 50.8 cm³/mol. The number of benzene rings is 1. The number of amides is 1. The Balaban J connectivity index is 2.83. The fraction of sp³-hybridized carbons (Fsp3) is 0.200. The third kappa shape index (κ3) is 3.38. The highest BCUT2D eigenvalue weighted by molar-refractivity contribution is 5.98. The molecule has 0 aliphatic rings. The van der Waals surface area contributed by atoms with E-state index in [2.05, 4.69) is 5.32 Å². The molecule has 1 N–H and O–H groups in total. The predicted octanol–water partition coefficient (Wildman–Crippen LogP) is 2.23. The van der Waals surface area contributed by atoms with E-state index >= 15 is 0 Å². The molecule has 16 heavy (non-hydrogen) atoms. The van der Waals surface area contributed by atoms with Gasteiger partial charge in [-0.25, -0.2) is 0 Å². The number of halogens is 3. The lowest BCUT2D eigenvalue weighted by atomic mass is 10.2. The Bertz CT molecular complexity index is 401. The van der Waals surface area contributed by atoms with Crippen molar-refractivity contribution in [2.45, 2.75) is 12.6 Å². The van der Waals surface area contributed by atoms with Gasteiger partial charge in [-0.05, 0) is 18.2 Å². The van der Waals surface area contributed by atoms with Gasteiger partial charge < -0.3 is 10.1 Å². The fourth-order valence-electron chi connectivity index (χ4n) is 1.06. The summed E-state index contributed by atoms with van der Waals surface area (Å²) in [5.74, 6) is -0.644. The van der Waals surface area contributed by atoms with Crippen molar-refractivity contribution in [3.8, 4) is 0 Å². The smallest absolute Gasteiger partial charge is 0.326 e. The van der Waals surface area contributed by atoms with E-state index in [9.17, 15) is 22.8 Å². The molecule has 0 saturated carbocycles. The van der Waals surface area contributed by atoms with E-state index in [1.54, 1.807) is 0 Å². The molecule has 0 heterocycles. The van der Waals surface area contributed by atoms with Gasteiger partial charge >= 0.3 is 6.18 Å². The Hall–Kier alpha value is -1.85. The lowest BCUT2D eigenvalue weighted by Gasteiger charge is -2.08. The van der Waals surface area contributed by atoms with Gasteiger partial charge in [0.2, 0.25) is 5.91 Å². The maximum atomic E-state index is 12.3. The molecule has 0 saturated heterocycles. The van der Waals surface area contributed by atoms with Crippen molar-refractivity contribution in [2.24, 2.45) is 0 Å². The van der Waals surface area contributed by atoms with E-state index in [1.165, 1.54) is 12.1 Å². The highest BCUT2D eigenvalue weighted by Gasteiger charge is 2.30. The first-order valence-electron chi connectivity index (χ1n) is 4.34. The van der Waals surface area contributed by atoms with Crippen LogP contribution in [0.15, 0.2) is 24.3 Å². The molecule has 0 aromatic heterocycles. The minimum atomic E-state index is -4.45. The summed E-state index contributed by atoms with van der Waals surface area (Å²) in [4.78, 5) is 20.9. The van der Waals surface area contributed by atoms with Crippen LogP contribution >= 0.6 is 0 Å². The highest BCUT2D eigenvalue weighted by Crippen LogP contribution is 2.30. The summed E-state index contributed by atoms with van der Waals surface area (Å²) in [7, 11) is 0. The SMILES string of the molecule is O=CCC(=O)Nc1cccc(C(F)(F)F)c1. The first kappa shape index (κ1) is 12.2. The van der Waals surface area contributed by atoms with Crippen LogP contribution in [0.25, 0.3) is 0 Å². The minimum absolute atomic E-state index is 0.0154. The third-order valence-corrected chi connectivity index (χ3v) is 1.74. The molecule has 6 heteroatoms. The molecule has 0 bridgehead atoms. The van der Waals surface area contributed by atoms with Crippen molar-refractivity contribution in [3.63, 3.8) is 0 Å². The van der Waals surface area contributed by atoms with Gasteiger partial charge in [-0.15, -0.1) is 0 Å². The fourth-order valence-corrected chi connectivity index (χ4v) is 1.06. The number of anilines is 1. The molecule has 0 fully saturated rings. The van der Waals surface area contributed by atoms with Crippen LogP contribution in [-0.2, 0) is 15.8 Å². The van der Waals surface area contributed by atoms with E-state index < -0.39 is 17.6 Å².